The summed E-state index contributed by atoms with van der Waals surface area (Å²) in [5, 5.41) is 0. The third-order valence-corrected chi connectivity index (χ3v) is 3.53. The Kier molecular flexibility index (Phi) is 4.99. The van der Waals surface area contributed by atoms with Crippen LogP contribution in [0.5, 0.6) is 0 Å². The molecule has 0 atom stereocenters. The van der Waals surface area contributed by atoms with Gasteiger partial charge in [0.05, 0.1) is 0 Å². The molecule has 0 aromatic heterocycles. The van der Waals surface area contributed by atoms with Crippen LogP contribution < -0.4 is 10.6 Å². The Labute approximate surface area is 126 Å². The van der Waals surface area contributed by atoms with E-state index in [0.29, 0.717) is 11.3 Å². The van der Waals surface area contributed by atoms with Crippen molar-refractivity contribution in [1.29, 1.82) is 0 Å². The lowest BCUT2D eigenvalue weighted by molar-refractivity contribution is 0.0986. The van der Waals surface area contributed by atoms with E-state index in [2.05, 4.69) is 6.92 Å². The van der Waals surface area contributed by atoms with Gasteiger partial charge in [0, 0.05) is 23.5 Å². The van der Waals surface area contributed by atoms with Crippen LogP contribution in [0.25, 0.3) is 0 Å². The summed E-state index contributed by atoms with van der Waals surface area (Å²) in [5.74, 6) is 0.0344. The van der Waals surface area contributed by atoms with Crippen molar-refractivity contribution in [3.63, 3.8) is 0 Å². The summed E-state index contributed by atoms with van der Waals surface area (Å²) in [6.45, 7) is 4.78. The van der Waals surface area contributed by atoms with E-state index < -0.39 is 0 Å². The molecule has 2 N–H and O–H groups in total. The summed E-state index contributed by atoms with van der Waals surface area (Å²) >= 11 is 0. The van der Waals surface area contributed by atoms with E-state index in [1.165, 1.54) is 0 Å². The van der Waals surface area contributed by atoms with Crippen molar-refractivity contribution in [2.24, 2.45) is 0 Å². The first-order valence-corrected chi connectivity index (χ1v) is 7.36. The smallest absolute Gasteiger partial charge is 0.258 e. The predicted molar refractivity (Wildman–Crippen MR) is 88.6 cm³/mol. The van der Waals surface area contributed by atoms with E-state index in [1.54, 1.807) is 6.07 Å². The molecular weight excluding hydrogens is 260 g/mol. The number of carbonyl (C=O) groups excluding carboxylic acids is 1. The molecule has 0 saturated heterocycles. The topological polar surface area (TPSA) is 46.3 Å². The fourth-order valence-corrected chi connectivity index (χ4v) is 2.34. The van der Waals surface area contributed by atoms with Gasteiger partial charge in [0.25, 0.3) is 5.91 Å². The highest BCUT2D eigenvalue weighted by Gasteiger charge is 2.18. The monoisotopic (exact) mass is 282 g/mol. The molecule has 0 fully saturated rings. The molecule has 0 aliphatic heterocycles. The third-order valence-electron chi connectivity index (χ3n) is 3.53. The number of carbonyl (C=O) groups is 1. The van der Waals surface area contributed by atoms with Crippen LogP contribution in [0, 0.1) is 6.92 Å². The number of nitrogens with two attached hydrogens (primary N) is 1. The van der Waals surface area contributed by atoms with Crippen LogP contribution in [0.2, 0.25) is 0 Å². The van der Waals surface area contributed by atoms with Crippen molar-refractivity contribution in [2.75, 3.05) is 17.2 Å². The van der Waals surface area contributed by atoms with E-state index in [1.807, 2.05) is 54.3 Å². The molecule has 2 aromatic carbocycles. The van der Waals surface area contributed by atoms with Gasteiger partial charge >= 0.3 is 0 Å². The lowest BCUT2D eigenvalue weighted by Crippen LogP contribution is -2.32. The van der Waals surface area contributed by atoms with Gasteiger partial charge in [0.15, 0.2) is 0 Å². The van der Waals surface area contributed by atoms with E-state index in [9.17, 15) is 4.79 Å². The maximum absolute atomic E-state index is 12.9. The molecule has 3 heteroatoms. The number of anilines is 2. The highest BCUT2D eigenvalue weighted by atomic mass is 16.2. The number of benzene rings is 2. The SMILES string of the molecule is CCCCN(C(=O)c1ccc(N)cc1C)c1ccccc1. The number of para-hydroxylation sites is 1. The second kappa shape index (κ2) is 6.93. The molecule has 0 heterocycles. The van der Waals surface area contributed by atoms with Crippen LogP contribution in [0.3, 0.4) is 0 Å². The first kappa shape index (κ1) is 15.1. The molecule has 0 radical (unpaired) electrons. The Hall–Kier alpha value is -2.29. The summed E-state index contributed by atoms with van der Waals surface area (Å²) in [6, 6.07) is 15.3. The Morgan fingerprint density at radius 1 is 1.14 bits per heavy atom. The van der Waals surface area contributed by atoms with Crippen molar-refractivity contribution in [1.82, 2.24) is 0 Å². The summed E-state index contributed by atoms with van der Waals surface area (Å²) in [4.78, 5) is 14.7. The van der Waals surface area contributed by atoms with Crippen molar-refractivity contribution < 1.29 is 4.79 Å². The first-order chi connectivity index (χ1) is 10.1. The summed E-state index contributed by atoms with van der Waals surface area (Å²) in [5.41, 5.74) is 9.02. The van der Waals surface area contributed by atoms with Crippen molar-refractivity contribution >= 4 is 17.3 Å². The minimum Gasteiger partial charge on any atom is -0.399 e. The molecule has 2 rings (SSSR count). The Morgan fingerprint density at radius 3 is 2.48 bits per heavy atom. The Balaban J connectivity index is 2.34. The van der Waals surface area contributed by atoms with E-state index >= 15 is 0 Å². The summed E-state index contributed by atoms with van der Waals surface area (Å²) < 4.78 is 0. The standard InChI is InChI=1S/C18H22N2O/c1-3-4-12-20(16-8-6-5-7-9-16)18(21)17-11-10-15(19)13-14(17)2/h5-11,13H,3-4,12,19H2,1-2H3. The summed E-state index contributed by atoms with van der Waals surface area (Å²) in [6.07, 6.45) is 2.03. The molecule has 0 saturated carbocycles. The maximum atomic E-state index is 12.9. The van der Waals surface area contributed by atoms with Gasteiger partial charge in [-0.25, -0.2) is 0 Å². The number of amides is 1. The largest absolute Gasteiger partial charge is 0.399 e. The molecular formula is C18H22N2O. The van der Waals surface area contributed by atoms with Crippen molar-refractivity contribution in [3.05, 3.63) is 59.7 Å². The molecule has 0 aliphatic rings. The van der Waals surface area contributed by atoms with Gasteiger partial charge in [0.2, 0.25) is 0 Å². The second-order valence-corrected chi connectivity index (χ2v) is 5.22. The highest BCUT2D eigenvalue weighted by Crippen LogP contribution is 2.20. The molecule has 110 valence electrons. The minimum absolute atomic E-state index is 0.0344. The molecule has 0 spiro atoms. The number of hydrogen-bond acceptors (Lipinski definition) is 2. The van der Waals surface area contributed by atoms with Gasteiger partial charge in [-0.05, 0) is 49.2 Å². The third kappa shape index (κ3) is 3.63. The number of rotatable bonds is 5. The van der Waals surface area contributed by atoms with Crippen LogP contribution in [0.15, 0.2) is 48.5 Å². The quantitative estimate of drug-likeness (QED) is 0.842. The molecule has 0 bridgehead atoms. The molecule has 21 heavy (non-hydrogen) atoms. The van der Waals surface area contributed by atoms with Gasteiger partial charge in [-0.1, -0.05) is 31.5 Å². The fraction of sp³-hybridized carbons (Fsp3) is 0.278. The zero-order valence-corrected chi connectivity index (χ0v) is 12.7. The number of hydrogen-bond donors (Lipinski definition) is 1. The fourth-order valence-electron chi connectivity index (χ4n) is 2.34. The lowest BCUT2D eigenvalue weighted by Gasteiger charge is -2.23. The molecule has 3 nitrogen and oxygen atoms in total. The van der Waals surface area contributed by atoms with Gasteiger partial charge in [0.1, 0.15) is 0 Å². The second-order valence-electron chi connectivity index (χ2n) is 5.22. The van der Waals surface area contributed by atoms with Gasteiger partial charge in [-0.3, -0.25) is 4.79 Å². The predicted octanol–water partition coefficient (Wildman–Crippen LogP) is 4.02. The zero-order chi connectivity index (χ0) is 15.2. The number of aryl methyl sites for hydroxylation is 1. The van der Waals surface area contributed by atoms with Crippen LogP contribution in [0.1, 0.15) is 35.7 Å². The first-order valence-electron chi connectivity index (χ1n) is 7.36. The summed E-state index contributed by atoms with van der Waals surface area (Å²) in [7, 11) is 0. The highest BCUT2D eigenvalue weighted by molar-refractivity contribution is 6.07. The number of nitrogens with zero attached hydrogens (tertiary/aromatic N) is 1. The van der Waals surface area contributed by atoms with Gasteiger partial charge in [-0.2, -0.15) is 0 Å². The van der Waals surface area contributed by atoms with Crippen LogP contribution in [0.4, 0.5) is 11.4 Å². The molecule has 0 aliphatic carbocycles. The lowest BCUT2D eigenvalue weighted by atomic mass is 10.1. The Morgan fingerprint density at radius 2 is 1.86 bits per heavy atom. The van der Waals surface area contributed by atoms with Crippen molar-refractivity contribution in [2.45, 2.75) is 26.7 Å². The van der Waals surface area contributed by atoms with Gasteiger partial charge in [-0.15, -0.1) is 0 Å². The van der Waals surface area contributed by atoms with E-state index in [0.717, 1.165) is 30.6 Å². The van der Waals surface area contributed by atoms with Gasteiger partial charge < -0.3 is 10.6 Å². The average molecular weight is 282 g/mol. The maximum Gasteiger partial charge on any atom is 0.258 e. The van der Waals surface area contributed by atoms with Crippen molar-refractivity contribution in [3.8, 4) is 0 Å². The molecule has 2 aromatic rings. The average Bonchev–Trinajstić information content (AvgIpc) is 2.48. The van der Waals surface area contributed by atoms with E-state index in [-0.39, 0.29) is 5.91 Å². The van der Waals surface area contributed by atoms with Crippen LogP contribution in [-0.2, 0) is 0 Å². The molecule has 0 unspecified atom stereocenters. The van der Waals surface area contributed by atoms with Crippen LogP contribution in [-0.4, -0.2) is 12.5 Å². The Bertz CT molecular complexity index is 608. The van der Waals surface area contributed by atoms with E-state index in [4.69, 9.17) is 5.73 Å². The number of unbranched alkanes of at least 4 members (excludes halogenated alkanes) is 1. The molecule has 1 amide bonds. The minimum atomic E-state index is 0.0344. The zero-order valence-electron chi connectivity index (χ0n) is 12.7. The normalized spacial score (nSPS) is 10.4. The van der Waals surface area contributed by atoms with Crippen LogP contribution >= 0.6 is 0 Å². The number of nitrogen functional groups attached to an aromatic ring is 1.